The molecule has 0 aliphatic rings. The van der Waals surface area contributed by atoms with Crippen molar-refractivity contribution in [3.63, 3.8) is 0 Å². The van der Waals surface area contributed by atoms with E-state index in [0.29, 0.717) is 5.75 Å². The number of para-hydroxylation sites is 1. The predicted octanol–water partition coefficient (Wildman–Crippen LogP) is 1.79. The molecule has 1 rings (SSSR count). The topological polar surface area (TPSA) is 57.5 Å². The van der Waals surface area contributed by atoms with Crippen LogP contribution >= 0.6 is 0 Å². The van der Waals surface area contributed by atoms with Crippen LogP contribution in [0.3, 0.4) is 0 Å². The molecule has 0 radical (unpaired) electrons. The van der Waals surface area contributed by atoms with Crippen molar-refractivity contribution in [1.29, 1.82) is 0 Å². The summed E-state index contributed by atoms with van der Waals surface area (Å²) in [4.78, 5) is 9.00. The average Bonchev–Trinajstić information content (AvgIpc) is 1.94. The second kappa shape index (κ2) is 5.18. The minimum atomic E-state index is -0.833. The Morgan fingerprint density at radius 1 is 1.33 bits per heavy atom. The van der Waals surface area contributed by atoms with Gasteiger partial charge < -0.3 is 10.2 Å². The highest BCUT2D eigenvalue weighted by atomic mass is 16.4. The first-order valence-electron chi connectivity index (χ1n) is 3.48. The lowest BCUT2D eigenvalue weighted by atomic mass is 10.2. The van der Waals surface area contributed by atoms with Crippen molar-refractivity contribution < 1.29 is 15.0 Å². The average molecular weight is 168 g/mol. The molecule has 0 amide bonds. The fourth-order valence-electron chi connectivity index (χ4n) is 0.563. The molecule has 1 aromatic carbocycles. The number of phenolic OH excluding ortho intramolecular Hbond substituents is 1. The smallest absolute Gasteiger partial charge is 0.300 e. The third kappa shape index (κ3) is 5.29. The van der Waals surface area contributed by atoms with Crippen molar-refractivity contribution in [2.75, 3.05) is 0 Å². The highest BCUT2D eigenvalue weighted by molar-refractivity contribution is 5.62. The van der Waals surface area contributed by atoms with Gasteiger partial charge in [-0.1, -0.05) is 18.2 Å². The van der Waals surface area contributed by atoms with Gasteiger partial charge in [0.1, 0.15) is 5.75 Å². The molecule has 3 nitrogen and oxygen atoms in total. The summed E-state index contributed by atoms with van der Waals surface area (Å²) in [6.07, 6.45) is 0. The van der Waals surface area contributed by atoms with E-state index in [9.17, 15) is 0 Å². The zero-order valence-electron chi connectivity index (χ0n) is 7.11. The molecule has 0 aromatic heterocycles. The number of carboxylic acids is 1. The second-order valence-corrected chi connectivity index (χ2v) is 2.31. The molecule has 0 heterocycles. The zero-order valence-corrected chi connectivity index (χ0v) is 7.11. The van der Waals surface area contributed by atoms with E-state index in [1.54, 1.807) is 6.07 Å². The molecular formula is C9H12O3. The van der Waals surface area contributed by atoms with Gasteiger partial charge >= 0.3 is 0 Å². The maximum atomic E-state index is 9.00. The van der Waals surface area contributed by atoms with Gasteiger partial charge in [0.2, 0.25) is 0 Å². The van der Waals surface area contributed by atoms with E-state index in [0.717, 1.165) is 12.5 Å². The van der Waals surface area contributed by atoms with Gasteiger partial charge in [0.05, 0.1) is 0 Å². The fraction of sp³-hybridized carbons (Fsp3) is 0.222. The summed E-state index contributed by atoms with van der Waals surface area (Å²) in [5.74, 6) is -0.465. The molecule has 0 bridgehead atoms. The number of rotatable bonds is 0. The first-order valence-corrected chi connectivity index (χ1v) is 3.48. The van der Waals surface area contributed by atoms with Crippen LogP contribution in [0.2, 0.25) is 0 Å². The Morgan fingerprint density at radius 2 is 1.75 bits per heavy atom. The summed E-state index contributed by atoms with van der Waals surface area (Å²) in [5.41, 5.74) is 0.924. The van der Waals surface area contributed by atoms with E-state index in [4.69, 9.17) is 15.0 Å². The molecule has 0 aliphatic heterocycles. The van der Waals surface area contributed by atoms with E-state index < -0.39 is 5.97 Å². The lowest BCUT2D eigenvalue weighted by Gasteiger charge is -1.92. The fourth-order valence-corrected chi connectivity index (χ4v) is 0.563. The number of benzene rings is 1. The summed E-state index contributed by atoms with van der Waals surface area (Å²) in [6.45, 7) is 2.95. The molecule has 0 unspecified atom stereocenters. The minimum Gasteiger partial charge on any atom is -0.508 e. The molecule has 3 heteroatoms. The van der Waals surface area contributed by atoms with Gasteiger partial charge in [0.15, 0.2) is 0 Å². The van der Waals surface area contributed by atoms with Crippen molar-refractivity contribution in [2.45, 2.75) is 13.8 Å². The van der Waals surface area contributed by atoms with Gasteiger partial charge in [0.25, 0.3) is 5.97 Å². The van der Waals surface area contributed by atoms with Crippen LogP contribution in [0.5, 0.6) is 5.75 Å². The number of phenols is 1. The number of hydrogen-bond acceptors (Lipinski definition) is 2. The number of hydrogen-bond donors (Lipinski definition) is 2. The monoisotopic (exact) mass is 168 g/mol. The van der Waals surface area contributed by atoms with Crippen molar-refractivity contribution in [3.8, 4) is 5.75 Å². The van der Waals surface area contributed by atoms with E-state index in [1.165, 1.54) is 0 Å². The maximum absolute atomic E-state index is 9.00. The molecule has 66 valence electrons. The Kier molecular flexibility index (Phi) is 4.53. The third-order valence-electron chi connectivity index (χ3n) is 1.12. The van der Waals surface area contributed by atoms with Crippen LogP contribution in [0.1, 0.15) is 12.5 Å². The third-order valence-corrected chi connectivity index (χ3v) is 1.12. The SMILES string of the molecule is CC(=O)O.Cc1ccccc1O. The second-order valence-electron chi connectivity index (χ2n) is 2.31. The molecule has 0 fully saturated rings. The Hall–Kier alpha value is -1.51. The number of aromatic hydroxyl groups is 1. The molecule has 1 aromatic rings. The van der Waals surface area contributed by atoms with Crippen molar-refractivity contribution in [1.82, 2.24) is 0 Å². The van der Waals surface area contributed by atoms with Crippen LogP contribution in [0.25, 0.3) is 0 Å². The van der Waals surface area contributed by atoms with Gasteiger partial charge in [0, 0.05) is 6.92 Å². The van der Waals surface area contributed by atoms with E-state index in [2.05, 4.69) is 0 Å². The molecule has 0 atom stereocenters. The Bertz CT molecular complexity index is 231. The van der Waals surface area contributed by atoms with E-state index >= 15 is 0 Å². The number of aliphatic carboxylic acids is 1. The van der Waals surface area contributed by atoms with Crippen molar-refractivity contribution in [2.24, 2.45) is 0 Å². The van der Waals surface area contributed by atoms with Crippen LogP contribution in [-0.2, 0) is 4.79 Å². The molecule has 0 spiro atoms. The van der Waals surface area contributed by atoms with Gasteiger partial charge in [-0.15, -0.1) is 0 Å². The molecule has 2 N–H and O–H groups in total. The molecule has 0 aliphatic carbocycles. The standard InChI is InChI=1S/C7H8O.C2H4O2/c1-6-4-2-3-5-7(6)8;1-2(3)4/h2-5,8H,1H3;1H3,(H,3,4). The number of carbonyl (C=O) groups is 1. The highest BCUT2D eigenvalue weighted by Gasteiger charge is 1.86. The Labute approximate surface area is 71.3 Å². The first kappa shape index (κ1) is 10.5. The molecule has 0 saturated heterocycles. The Balaban J connectivity index is 0.000000261. The summed E-state index contributed by atoms with van der Waals surface area (Å²) < 4.78 is 0. The number of aryl methyl sites for hydroxylation is 1. The first-order chi connectivity index (χ1) is 5.54. The summed E-state index contributed by atoms with van der Waals surface area (Å²) in [6, 6.07) is 7.25. The highest BCUT2D eigenvalue weighted by Crippen LogP contribution is 2.12. The van der Waals surface area contributed by atoms with Gasteiger partial charge in [-0.2, -0.15) is 0 Å². The zero-order chi connectivity index (χ0) is 9.56. The normalized spacial score (nSPS) is 8.17. The molecule has 0 saturated carbocycles. The summed E-state index contributed by atoms with van der Waals surface area (Å²) in [5, 5.41) is 16.3. The summed E-state index contributed by atoms with van der Waals surface area (Å²) >= 11 is 0. The predicted molar refractivity (Wildman–Crippen MR) is 46.2 cm³/mol. The Morgan fingerprint density at radius 3 is 2.00 bits per heavy atom. The maximum Gasteiger partial charge on any atom is 0.300 e. The van der Waals surface area contributed by atoms with E-state index in [-0.39, 0.29) is 0 Å². The van der Waals surface area contributed by atoms with Crippen molar-refractivity contribution in [3.05, 3.63) is 29.8 Å². The molecular weight excluding hydrogens is 156 g/mol. The van der Waals surface area contributed by atoms with E-state index in [1.807, 2.05) is 25.1 Å². The van der Waals surface area contributed by atoms with Gasteiger partial charge in [-0.3, -0.25) is 4.79 Å². The number of carboxylic acid groups (broad SMARTS) is 1. The van der Waals surface area contributed by atoms with Crippen LogP contribution in [0.15, 0.2) is 24.3 Å². The van der Waals surface area contributed by atoms with Crippen molar-refractivity contribution >= 4 is 5.97 Å². The minimum absolute atomic E-state index is 0.368. The van der Waals surface area contributed by atoms with Crippen LogP contribution < -0.4 is 0 Å². The summed E-state index contributed by atoms with van der Waals surface area (Å²) in [7, 11) is 0. The van der Waals surface area contributed by atoms with Crippen LogP contribution in [-0.4, -0.2) is 16.2 Å². The molecule has 12 heavy (non-hydrogen) atoms. The lowest BCUT2D eigenvalue weighted by Crippen LogP contribution is -1.78. The lowest BCUT2D eigenvalue weighted by molar-refractivity contribution is -0.134. The van der Waals surface area contributed by atoms with Gasteiger partial charge in [-0.05, 0) is 18.6 Å². The van der Waals surface area contributed by atoms with Gasteiger partial charge in [-0.25, -0.2) is 0 Å². The van der Waals surface area contributed by atoms with Crippen LogP contribution in [0.4, 0.5) is 0 Å². The largest absolute Gasteiger partial charge is 0.508 e. The van der Waals surface area contributed by atoms with Crippen LogP contribution in [0, 0.1) is 6.92 Å². The quantitative estimate of drug-likeness (QED) is 0.621.